The Labute approximate surface area is 122 Å². The minimum atomic E-state index is -3.95. The number of benzene rings is 1. The van der Waals surface area contributed by atoms with Gasteiger partial charge in [0.15, 0.2) is 0 Å². The van der Waals surface area contributed by atoms with Gasteiger partial charge in [0.25, 0.3) is 0 Å². The Kier molecular flexibility index (Phi) is 5.03. The van der Waals surface area contributed by atoms with Gasteiger partial charge in [-0.3, -0.25) is 10.1 Å². The summed E-state index contributed by atoms with van der Waals surface area (Å²) in [6, 6.07) is 2.49. The van der Waals surface area contributed by atoms with Crippen LogP contribution in [0.1, 0.15) is 13.8 Å². The van der Waals surface area contributed by atoms with Crippen molar-refractivity contribution in [3.05, 3.63) is 34.1 Å². The molecule has 0 fully saturated rings. The summed E-state index contributed by atoms with van der Waals surface area (Å²) < 4.78 is 39.0. The fourth-order valence-electron chi connectivity index (χ4n) is 1.73. The van der Waals surface area contributed by atoms with Gasteiger partial charge in [-0.25, -0.2) is 12.7 Å². The molecule has 9 heteroatoms. The second-order valence-electron chi connectivity index (χ2n) is 5.50. The van der Waals surface area contributed by atoms with Crippen LogP contribution in [0.4, 0.5) is 10.1 Å². The lowest BCUT2D eigenvalue weighted by Gasteiger charge is -2.28. The molecule has 2 N–H and O–H groups in total. The average molecular weight is 319 g/mol. The topological polar surface area (TPSA) is 107 Å². The van der Waals surface area contributed by atoms with E-state index in [4.69, 9.17) is 5.73 Å². The summed E-state index contributed by atoms with van der Waals surface area (Å²) in [5, 5.41) is 10.7. The van der Waals surface area contributed by atoms with E-state index in [0.29, 0.717) is 0 Å². The fourth-order valence-corrected chi connectivity index (χ4v) is 3.10. The quantitative estimate of drug-likeness (QED) is 0.629. The van der Waals surface area contributed by atoms with Crippen LogP contribution >= 0.6 is 0 Å². The van der Waals surface area contributed by atoms with Crippen molar-refractivity contribution in [3.63, 3.8) is 0 Å². The normalized spacial score (nSPS) is 12.7. The molecule has 0 saturated heterocycles. The van der Waals surface area contributed by atoms with Crippen LogP contribution in [0.2, 0.25) is 0 Å². The standard InChI is InChI=1S/C12H18FN3O4S/c1-12(2,7-14)8-15(3)21(19,20)9-4-5-10(13)11(6-9)16(17)18/h4-6H,7-8,14H2,1-3H3. The van der Waals surface area contributed by atoms with Crippen LogP contribution in [-0.4, -0.2) is 37.8 Å². The van der Waals surface area contributed by atoms with Crippen molar-refractivity contribution in [2.75, 3.05) is 20.1 Å². The molecule has 0 amide bonds. The summed E-state index contributed by atoms with van der Waals surface area (Å²) >= 11 is 0. The molecule has 0 aromatic heterocycles. The van der Waals surface area contributed by atoms with Crippen LogP contribution in [0.15, 0.2) is 23.1 Å². The number of sulfonamides is 1. The molecule has 0 saturated carbocycles. The van der Waals surface area contributed by atoms with Gasteiger partial charge >= 0.3 is 5.69 Å². The first-order valence-electron chi connectivity index (χ1n) is 6.11. The number of halogens is 1. The molecule has 7 nitrogen and oxygen atoms in total. The summed E-state index contributed by atoms with van der Waals surface area (Å²) in [6.07, 6.45) is 0. The van der Waals surface area contributed by atoms with Crippen LogP contribution in [-0.2, 0) is 10.0 Å². The summed E-state index contributed by atoms with van der Waals surface area (Å²) in [7, 11) is -2.60. The number of rotatable bonds is 6. The second kappa shape index (κ2) is 6.04. The number of nitro benzene ring substituents is 1. The number of nitrogens with zero attached hydrogens (tertiary/aromatic N) is 2. The van der Waals surface area contributed by atoms with E-state index in [1.807, 2.05) is 0 Å². The fraction of sp³-hybridized carbons (Fsp3) is 0.500. The second-order valence-corrected chi connectivity index (χ2v) is 7.54. The maximum absolute atomic E-state index is 13.3. The maximum atomic E-state index is 13.3. The highest BCUT2D eigenvalue weighted by molar-refractivity contribution is 7.89. The molecule has 118 valence electrons. The molecule has 0 heterocycles. The molecule has 1 aromatic rings. The monoisotopic (exact) mass is 319 g/mol. The maximum Gasteiger partial charge on any atom is 0.306 e. The highest BCUT2D eigenvalue weighted by Crippen LogP contribution is 2.25. The minimum absolute atomic E-state index is 0.136. The Morgan fingerprint density at radius 3 is 2.48 bits per heavy atom. The minimum Gasteiger partial charge on any atom is -0.330 e. The largest absolute Gasteiger partial charge is 0.330 e. The van der Waals surface area contributed by atoms with E-state index in [0.717, 1.165) is 22.5 Å². The number of hydrogen-bond acceptors (Lipinski definition) is 5. The molecule has 0 aliphatic heterocycles. The third-order valence-electron chi connectivity index (χ3n) is 3.03. The van der Waals surface area contributed by atoms with Crippen molar-refractivity contribution in [1.82, 2.24) is 4.31 Å². The highest BCUT2D eigenvalue weighted by Gasteiger charge is 2.29. The zero-order chi connectivity index (χ0) is 16.4. The molecule has 0 radical (unpaired) electrons. The predicted octanol–water partition coefficient (Wildman–Crippen LogP) is 1.34. The molecule has 0 atom stereocenters. The van der Waals surface area contributed by atoms with Crippen LogP contribution in [0.5, 0.6) is 0 Å². The lowest BCUT2D eigenvalue weighted by molar-refractivity contribution is -0.387. The van der Waals surface area contributed by atoms with Gasteiger partial charge in [-0.15, -0.1) is 0 Å². The zero-order valence-corrected chi connectivity index (χ0v) is 12.9. The van der Waals surface area contributed by atoms with Gasteiger partial charge in [0.2, 0.25) is 15.8 Å². The smallest absolute Gasteiger partial charge is 0.306 e. The van der Waals surface area contributed by atoms with E-state index in [1.165, 1.54) is 7.05 Å². The molecule has 0 bridgehead atoms. The molecule has 0 spiro atoms. The van der Waals surface area contributed by atoms with Gasteiger partial charge < -0.3 is 5.73 Å². The molecule has 0 aliphatic carbocycles. The SMILES string of the molecule is CN(CC(C)(C)CN)S(=O)(=O)c1ccc(F)c([N+](=O)[O-])c1. The lowest BCUT2D eigenvalue weighted by Crippen LogP contribution is -2.39. The number of hydrogen-bond donors (Lipinski definition) is 1. The highest BCUT2D eigenvalue weighted by atomic mass is 32.2. The Balaban J connectivity index is 3.19. The van der Waals surface area contributed by atoms with Gasteiger partial charge in [0, 0.05) is 19.7 Å². The predicted molar refractivity (Wildman–Crippen MR) is 75.7 cm³/mol. The lowest BCUT2D eigenvalue weighted by atomic mass is 9.94. The average Bonchev–Trinajstić information content (AvgIpc) is 2.38. The number of nitrogens with two attached hydrogens (primary N) is 1. The van der Waals surface area contributed by atoms with Crippen molar-refractivity contribution in [3.8, 4) is 0 Å². The van der Waals surface area contributed by atoms with E-state index in [2.05, 4.69) is 0 Å². The van der Waals surface area contributed by atoms with Crippen LogP contribution in [0.3, 0.4) is 0 Å². The van der Waals surface area contributed by atoms with Gasteiger partial charge in [-0.1, -0.05) is 13.8 Å². The van der Waals surface area contributed by atoms with Crippen LogP contribution < -0.4 is 5.73 Å². The molecular formula is C12H18FN3O4S. The van der Waals surface area contributed by atoms with Crippen molar-refractivity contribution < 1.29 is 17.7 Å². The summed E-state index contributed by atoms with van der Waals surface area (Å²) in [6.45, 7) is 4.01. The van der Waals surface area contributed by atoms with Gasteiger partial charge in [0.1, 0.15) is 0 Å². The molecular weight excluding hydrogens is 301 g/mol. The summed E-state index contributed by atoms with van der Waals surface area (Å²) in [4.78, 5) is 9.40. The Bertz CT molecular complexity index is 646. The van der Waals surface area contributed by atoms with E-state index in [1.54, 1.807) is 13.8 Å². The van der Waals surface area contributed by atoms with Crippen LogP contribution in [0.25, 0.3) is 0 Å². The third kappa shape index (κ3) is 3.96. The van der Waals surface area contributed by atoms with Crippen molar-refractivity contribution in [2.45, 2.75) is 18.7 Å². The summed E-state index contributed by atoms with van der Waals surface area (Å²) in [5.41, 5.74) is 4.24. The number of nitro groups is 1. The molecule has 1 aromatic carbocycles. The van der Waals surface area contributed by atoms with E-state index >= 15 is 0 Å². The first-order chi connectivity index (χ1) is 9.51. The van der Waals surface area contributed by atoms with Crippen molar-refractivity contribution in [2.24, 2.45) is 11.1 Å². The summed E-state index contributed by atoms with van der Waals surface area (Å²) in [5.74, 6) is -1.08. The Morgan fingerprint density at radius 2 is 2.00 bits per heavy atom. The van der Waals surface area contributed by atoms with E-state index in [-0.39, 0.29) is 18.0 Å². The Hall–Kier alpha value is -1.58. The first kappa shape index (κ1) is 17.5. The molecule has 0 aliphatic rings. The zero-order valence-electron chi connectivity index (χ0n) is 12.0. The van der Waals surface area contributed by atoms with Gasteiger partial charge in [0.05, 0.1) is 9.82 Å². The third-order valence-corrected chi connectivity index (χ3v) is 4.83. The van der Waals surface area contributed by atoms with E-state index in [9.17, 15) is 22.9 Å². The Morgan fingerprint density at radius 1 is 1.43 bits per heavy atom. The molecule has 0 unspecified atom stereocenters. The first-order valence-corrected chi connectivity index (χ1v) is 7.55. The van der Waals surface area contributed by atoms with E-state index < -0.39 is 31.9 Å². The van der Waals surface area contributed by atoms with Crippen molar-refractivity contribution in [1.29, 1.82) is 0 Å². The molecule has 1 rings (SSSR count). The van der Waals surface area contributed by atoms with Crippen LogP contribution in [0, 0.1) is 21.3 Å². The molecule has 21 heavy (non-hydrogen) atoms. The van der Waals surface area contributed by atoms with Crippen molar-refractivity contribution >= 4 is 15.7 Å². The van der Waals surface area contributed by atoms with Gasteiger partial charge in [-0.2, -0.15) is 4.39 Å². The van der Waals surface area contributed by atoms with Gasteiger partial charge in [-0.05, 0) is 24.1 Å².